The number of hydrogen-bond donors (Lipinski definition) is 1. The molecule has 1 N–H and O–H groups in total. The molecular weight excluding hydrogens is 426 g/mol. The molecule has 0 aliphatic heterocycles. The molecule has 0 bridgehead atoms. The number of ether oxygens (including phenoxy) is 2. The second-order valence-corrected chi connectivity index (χ2v) is 7.54. The first-order valence-corrected chi connectivity index (χ1v) is 10.7. The predicted octanol–water partition coefficient (Wildman–Crippen LogP) is 5.18. The van der Waals surface area contributed by atoms with Crippen LogP contribution < -0.4 is 14.9 Å². The van der Waals surface area contributed by atoms with Crippen molar-refractivity contribution in [1.82, 2.24) is 5.43 Å². The van der Waals surface area contributed by atoms with E-state index in [-0.39, 0.29) is 0 Å². The average molecular weight is 450 g/mol. The zero-order valence-electron chi connectivity index (χ0n) is 18.6. The van der Waals surface area contributed by atoms with Crippen molar-refractivity contribution >= 4 is 22.9 Å². The fourth-order valence-corrected chi connectivity index (χ4v) is 3.62. The Bertz CT molecular complexity index is 1360. The van der Waals surface area contributed by atoms with Gasteiger partial charge < -0.3 is 9.47 Å². The van der Waals surface area contributed by atoms with Crippen LogP contribution in [0.1, 0.15) is 22.6 Å². The maximum atomic E-state index is 12.4. The summed E-state index contributed by atoms with van der Waals surface area (Å²) in [5.41, 5.74) is 4.84. The van der Waals surface area contributed by atoms with Crippen LogP contribution in [0.25, 0.3) is 10.8 Å². The third-order valence-corrected chi connectivity index (χ3v) is 5.36. The van der Waals surface area contributed by atoms with Gasteiger partial charge in [-0.1, -0.05) is 72.8 Å². The molecule has 1 atom stereocenters. The molecule has 168 valence electrons. The Morgan fingerprint density at radius 1 is 1.00 bits per heavy atom. The van der Waals surface area contributed by atoms with Crippen LogP contribution in [0.5, 0.6) is 11.5 Å². The first-order chi connectivity index (χ1) is 16.7. The van der Waals surface area contributed by atoms with Crippen molar-refractivity contribution < 1.29 is 14.3 Å². The lowest BCUT2D eigenvalue weighted by atomic mass is 10.0. The molecule has 0 fully saturated rings. The maximum Gasteiger partial charge on any atom is 0.261 e. The third kappa shape index (κ3) is 5.22. The highest BCUT2D eigenvalue weighted by molar-refractivity contribution is 5.88. The SMILES string of the molecule is COc1cc(/C=N\NC(=O)[C@H](C#N)c2ccccc2)ccc1OCc1cccc2ccccc12. The highest BCUT2D eigenvalue weighted by Crippen LogP contribution is 2.29. The van der Waals surface area contributed by atoms with Gasteiger partial charge in [0.15, 0.2) is 17.4 Å². The van der Waals surface area contributed by atoms with Gasteiger partial charge in [0.1, 0.15) is 6.61 Å². The molecule has 0 spiro atoms. The number of nitrogens with one attached hydrogen (secondary N) is 1. The number of carbonyl (C=O) groups excluding carboxylic acids is 1. The summed E-state index contributed by atoms with van der Waals surface area (Å²) in [6.07, 6.45) is 1.49. The lowest BCUT2D eigenvalue weighted by Crippen LogP contribution is -2.24. The Hall–Kier alpha value is -4.63. The fraction of sp³-hybridized carbons (Fsp3) is 0.107. The van der Waals surface area contributed by atoms with Crippen molar-refractivity contribution in [2.45, 2.75) is 12.5 Å². The molecule has 0 aliphatic rings. The van der Waals surface area contributed by atoms with E-state index in [4.69, 9.17) is 9.47 Å². The summed E-state index contributed by atoms with van der Waals surface area (Å²) in [7, 11) is 1.57. The van der Waals surface area contributed by atoms with Crippen LogP contribution in [0.4, 0.5) is 0 Å². The van der Waals surface area contributed by atoms with Gasteiger partial charge in [-0.15, -0.1) is 0 Å². The van der Waals surface area contributed by atoms with Gasteiger partial charge in [0, 0.05) is 0 Å². The van der Waals surface area contributed by atoms with Crippen molar-refractivity contribution in [2.24, 2.45) is 5.10 Å². The molecule has 34 heavy (non-hydrogen) atoms. The average Bonchev–Trinajstić information content (AvgIpc) is 2.89. The maximum absolute atomic E-state index is 12.4. The first kappa shape index (κ1) is 22.6. The molecule has 6 heteroatoms. The molecule has 4 rings (SSSR count). The van der Waals surface area contributed by atoms with Crippen LogP contribution in [-0.2, 0) is 11.4 Å². The largest absolute Gasteiger partial charge is 0.493 e. The van der Waals surface area contributed by atoms with Gasteiger partial charge >= 0.3 is 0 Å². The monoisotopic (exact) mass is 449 g/mol. The quantitative estimate of drug-likeness (QED) is 0.297. The van der Waals surface area contributed by atoms with Crippen LogP contribution in [-0.4, -0.2) is 19.2 Å². The molecule has 4 aromatic rings. The number of methoxy groups -OCH3 is 1. The summed E-state index contributed by atoms with van der Waals surface area (Å²) in [4.78, 5) is 12.4. The van der Waals surface area contributed by atoms with Gasteiger partial charge in [0.2, 0.25) is 0 Å². The number of amides is 1. The van der Waals surface area contributed by atoms with E-state index in [9.17, 15) is 10.1 Å². The van der Waals surface area contributed by atoms with Gasteiger partial charge in [-0.2, -0.15) is 10.4 Å². The van der Waals surface area contributed by atoms with E-state index in [1.807, 2.05) is 42.5 Å². The summed E-state index contributed by atoms with van der Waals surface area (Å²) < 4.78 is 11.5. The normalized spacial score (nSPS) is 11.6. The fourth-order valence-electron chi connectivity index (χ4n) is 3.62. The number of nitrogens with zero attached hydrogens (tertiary/aromatic N) is 2. The van der Waals surface area contributed by atoms with E-state index in [1.54, 1.807) is 43.5 Å². The van der Waals surface area contributed by atoms with E-state index < -0.39 is 11.8 Å². The lowest BCUT2D eigenvalue weighted by Gasteiger charge is -2.13. The Morgan fingerprint density at radius 2 is 1.76 bits per heavy atom. The molecule has 4 aromatic carbocycles. The number of carbonyl (C=O) groups is 1. The Labute approximate surface area is 198 Å². The van der Waals surface area contributed by atoms with E-state index in [1.165, 1.54) is 6.21 Å². The summed E-state index contributed by atoms with van der Waals surface area (Å²) in [6.45, 7) is 0.399. The van der Waals surface area contributed by atoms with Gasteiger partial charge in [-0.05, 0) is 45.7 Å². The van der Waals surface area contributed by atoms with Crippen molar-refractivity contribution in [2.75, 3.05) is 7.11 Å². The standard InChI is InChI=1S/C28H23N3O3/c1-33-27-16-20(18-30-31-28(32)25(17-29)22-8-3-2-4-9-22)14-15-26(27)34-19-23-12-7-11-21-10-5-6-13-24(21)23/h2-16,18,25H,19H2,1H3,(H,31,32)/b30-18-/t25-/m1/s1. The minimum Gasteiger partial charge on any atom is -0.493 e. The molecule has 0 aliphatic carbocycles. The van der Waals surface area contributed by atoms with Gasteiger partial charge in [0.25, 0.3) is 5.91 Å². The second kappa shape index (κ2) is 10.8. The molecule has 6 nitrogen and oxygen atoms in total. The van der Waals surface area contributed by atoms with Crippen LogP contribution in [0.15, 0.2) is 96.1 Å². The topological polar surface area (TPSA) is 83.7 Å². The zero-order chi connectivity index (χ0) is 23.8. The minimum atomic E-state index is -0.933. The van der Waals surface area contributed by atoms with E-state index in [2.05, 4.69) is 28.7 Å². The first-order valence-electron chi connectivity index (χ1n) is 10.7. The zero-order valence-corrected chi connectivity index (χ0v) is 18.6. The Morgan fingerprint density at radius 3 is 2.56 bits per heavy atom. The molecule has 1 amide bonds. The highest BCUT2D eigenvalue weighted by atomic mass is 16.5. The van der Waals surface area contributed by atoms with Crippen LogP contribution in [0, 0.1) is 11.3 Å². The van der Waals surface area contributed by atoms with Crippen LogP contribution >= 0.6 is 0 Å². The Balaban J connectivity index is 1.42. The van der Waals surface area contributed by atoms with Crippen molar-refractivity contribution in [3.63, 3.8) is 0 Å². The number of rotatable bonds is 8. The molecule has 0 unspecified atom stereocenters. The molecular formula is C28H23N3O3. The number of hydrogen-bond acceptors (Lipinski definition) is 5. The molecule has 0 saturated heterocycles. The summed E-state index contributed by atoms with van der Waals surface area (Å²) >= 11 is 0. The summed E-state index contributed by atoms with van der Waals surface area (Å²) in [5.74, 6) is -0.273. The van der Waals surface area contributed by atoms with Crippen LogP contribution in [0.2, 0.25) is 0 Å². The third-order valence-electron chi connectivity index (χ3n) is 5.36. The highest BCUT2D eigenvalue weighted by Gasteiger charge is 2.19. The Kier molecular flexibility index (Phi) is 7.16. The summed E-state index contributed by atoms with van der Waals surface area (Å²) in [6, 6.07) is 30.6. The smallest absolute Gasteiger partial charge is 0.261 e. The molecule has 0 radical (unpaired) electrons. The summed E-state index contributed by atoms with van der Waals surface area (Å²) in [5, 5.41) is 15.7. The van der Waals surface area contributed by atoms with Crippen molar-refractivity contribution in [3.05, 3.63) is 108 Å². The molecule has 0 saturated carbocycles. The van der Waals surface area contributed by atoms with Gasteiger partial charge in [-0.25, -0.2) is 5.43 Å². The predicted molar refractivity (Wildman–Crippen MR) is 132 cm³/mol. The van der Waals surface area contributed by atoms with Gasteiger partial charge in [-0.3, -0.25) is 4.79 Å². The van der Waals surface area contributed by atoms with Crippen LogP contribution in [0.3, 0.4) is 0 Å². The molecule has 0 heterocycles. The van der Waals surface area contributed by atoms with E-state index in [0.29, 0.717) is 29.2 Å². The van der Waals surface area contributed by atoms with E-state index >= 15 is 0 Å². The number of fused-ring (bicyclic) bond motifs is 1. The minimum absolute atomic E-state index is 0.399. The lowest BCUT2D eigenvalue weighted by molar-refractivity contribution is -0.121. The van der Waals surface area contributed by atoms with E-state index in [0.717, 1.165) is 16.3 Å². The number of benzene rings is 4. The van der Waals surface area contributed by atoms with Gasteiger partial charge in [0.05, 0.1) is 19.4 Å². The van der Waals surface area contributed by atoms with Crippen molar-refractivity contribution in [1.29, 1.82) is 5.26 Å². The van der Waals surface area contributed by atoms with Crippen molar-refractivity contribution in [3.8, 4) is 17.6 Å². The number of hydrazone groups is 1. The second-order valence-electron chi connectivity index (χ2n) is 7.54. The number of nitriles is 1. The molecule has 0 aromatic heterocycles.